The van der Waals surface area contributed by atoms with E-state index < -0.39 is 10.0 Å². The van der Waals surface area contributed by atoms with Crippen molar-refractivity contribution in [3.8, 4) is 0 Å². The number of anilines is 1. The number of nitrogen functional groups attached to an aromatic ring is 1. The third-order valence-electron chi connectivity index (χ3n) is 3.15. The van der Waals surface area contributed by atoms with Crippen LogP contribution in [0.15, 0.2) is 17.0 Å². The van der Waals surface area contributed by atoms with Crippen molar-refractivity contribution in [1.29, 1.82) is 0 Å². The number of thioether (sulfide) groups is 1. The highest BCUT2D eigenvalue weighted by molar-refractivity contribution is 7.98. The van der Waals surface area contributed by atoms with Crippen molar-refractivity contribution < 1.29 is 8.42 Å². The number of nitrogens with one attached hydrogen (secondary N) is 1. The summed E-state index contributed by atoms with van der Waals surface area (Å²) in [6.45, 7) is 2.16. The normalized spacial score (nSPS) is 11.8. The molecule has 0 saturated heterocycles. The standard InChI is InChI=1S/C14H23ClN2O2S2/c1-11-9-12(15)13(16)10-14(11)21(18,19)17-7-5-3-4-6-8-20-2/h9-10,17H,3-8,16H2,1-2H3. The summed E-state index contributed by atoms with van der Waals surface area (Å²) in [4.78, 5) is 0.201. The van der Waals surface area contributed by atoms with E-state index in [0.717, 1.165) is 25.0 Å². The second-order valence-corrected chi connectivity index (χ2v) is 8.07. The molecule has 1 aromatic carbocycles. The van der Waals surface area contributed by atoms with Gasteiger partial charge >= 0.3 is 0 Å². The zero-order chi connectivity index (χ0) is 15.9. The lowest BCUT2D eigenvalue weighted by Gasteiger charge is -2.11. The Morgan fingerprint density at radius 2 is 1.90 bits per heavy atom. The lowest BCUT2D eigenvalue weighted by Crippen LogP contribution is -2.25. The largest absolute Gasteiger partial charge is 0.397 e. The molecule has 0 fully saturated rings. The molecule has 0 heterocycles. The fraction of sp³-hybridized carbons (Fsp3) is 0.571. The smallest absolute Gasteiger partial charge is 0.240 e. The molecule has 7 heteroatoms. The Balaban J connectivity index is 2.53. The van der Waals surface area contributed by atoms with E-state index in [2.05, 4.69) is 11.0 Å². The van der Waals surface area contributed by atoms with Crippen LogP contribution < -0.4 is 10.5 Å². The van der Waals surface area contributed by atoms with Gasteiger partial charge in [-0.1, -0.05) is 24.4 Å². The molecule has 3 N–H and O–H groups in total. The summed E-state index contributed by atoms with van der Waals surface area (Å²) >= 11 is 7.72. The van der Waals surface area contributed by atoms with Crippen molar-refractivity contribution in [2.45, 2.75) is 37.5 Å². The Morgan fingerprint density at radius 1 is 1.24 bits per heavy atom. The molecule has 120 valence electrons. The lowest BCUT2D eigenvalue weighted by atomic mass is 10.2. The molecule has 1 aromatic rings. The van der Waals surface area contributed by atoms with E-state index in [1.807, 2.05) is 11.8 Å². The van der Waals surface area contributed by atoms with Gasteiger partial charge in [-0.05, 0) is 49.5 Å². The van der Waals surface area contributed by atoms with Crippen LogP contribution in [0.25, 0.3) is 0 Å². The summed E-state index contributed by atoms with van der Waals surface area (Å²) in [5, 5.41) is 0.375. The van der Waals surface area contributed by atoms with E-state index in [1.54, 1.807) is 13.0 Å². The van der Waals surface area contributed by atoms with Gasteiger partial charge in [0.2, 0.25) is 10.0 Å². The van der Waals surface area contributed by atoms with Crippen LogP contribution in [0.4, 0.5) is 5.69 Å². The number of sulfonamides is 1. The van der Waals surface area contributed by atoms with Crippen molar-refractivity contribution in [3.05, 3.63) is 22.7 Å². The Kier molecular flexibility index (Phi) is 7.87. The molecule has 1 rings (SSSR count). The molecule has 21 heavy (non-hydrogen) atoms. The summed E-state index contributed by atoms with van der Waals surface area (Å²) in [7, 11) is -3.52. The van der Waals surface area contributed by atoms with Crippen molar-refractivity contribution in [1.82, 2.24) is 4.72 Å². The number of hydrogen-bond acceptors (Lipinski definition) is 4. The van der Waals surface area contributed by atoms with Gasteiger partial charge < -0.3 is 5.73 Å². The number of halogens is 1. The molecule has 0 saturated carbocycles. The third-order valence-corrected chi connectivity index (χ3v) is 5.78. The lowest BCUT2D eigenvalue weighted by molar-refractivity contribution is 0.573. The van der Waals surface area contributed by atoms with Crippen LogP contribution in [0.1, 0.15) is 31.2 Å². The first-order chi connectivity index (χ1) is 9.88. The fourth-order valence-corrected chi connectivity index (χ4v) is 4.01. The molecule has 0 radical (unpaired) electrons. The first kappa shape index (κ1) is 18.6. The molecule has 0 unspecified atom stereocenters. The van der Waals surface area contributed by atoms with E-state index in [1.165, 1.54) is 12.5 Å². The monoisotopic (exact) mass is 350 g/mol. The zero-order valence-electron chi connectivity index (χ0n) is 12.5. The van der Waals surface area contributed by atoms with E-state index in [0.29, 0.717) is 17.1 Å². The van der Waals surface area contributed by atoms with Crippen LogP contribution in [0.5, 0.6) is 0 Å². The second-order valence-electron chi connectivity index (χ2n) is 4.94. The van der Waals surface area contributed by atoms with Gasteiger partial charge in [0.1, 0.15) is 0 Å². The summed E-state index contributed by atoms with van der Waals surface area (Å²) < 4.78 is 27.1. The van der Waals surface area contributed by atoms with Crippen LogP contribution in [-0.2, 0) is 10.0 Å². The molecule has 0 bridgehead atoms. The van der Waals surface area contributed by atoms with Crippen LogP contribution in [-0.4, -0.2) is 27.0 Å². The molecule has 0 aliphatic rings. The number of rotatable bonds is 9. The first-order valence-electron chi connectivity index (χ1n) is 6.92. The molecule has 0 aliphatic carbocycles. The predicted octanol–water partition coefficient (Wildman–Crippen LogP) is 3.43. The predicted molar refractivity (Wildman–Crippen MR) is 92.6 cm³/mol. The number of nitrogens with two attached hydrogens (primary N) is 1. The first-order valence-corrected chi connectivity index (χ1v) is 10.2. The maximum atomic E-state index is 12.2. The number of aryl methyl sites for hydroxylation is 1. The average Bonchev–Trinajstić information content (AvgIpc) is 2.41. The SMILES string of the molecule is CSCCCCCCNS(=O)(=O)c1cc(N)c(Cl)cc1C. The number of unbranched alkanes of at least 4 members (excludes halogenated alkanes) is 3. The summed E-state index contributed by atoms with van der Waals surface area (Å²) in [6.07, 6.45) is 6.28. The van der Waals surface area contributed by atoms with Crippen molar-refractivity contribution in [3.63, 3.8) is 0 Å². The Bertz CT molecular complexity index is 562. The second kappa shape index (κ2) is 8.88. The van der Waals surface area contributed by atoms with Gasteiger partial charge in [-0.3, -0.25) is 0 Å². The maximum absolute atomic E-state index is 12.2. The highest BCUT2D eigenvalue weighted by Crippen LogP contribution is 2.26. The minimum absolute atomic E-state index is 0.201. The van der Waals surface area contributed by atoms with E-state index in [9.17, 15) is 8.42 Å². The van der Waals surface area contributed by atoms with Crippen molar-refractivity contribution >= 4 is 39.1 Å². The zero-order valence-corrected chi connectivity index (χ0v) is 14.9. The van der Waals surface area contributed by atoms with E-state index >= 15 is 0 Å². The van der Waals surface area contributed by atoms with Gasteiger partial charge in [0.05, 0.1) is 15.6 Å². The molecule has 0 aliphatic heterocycles. The molecule has 0 amide bonds. The van der Waals surface area contributed by atoms with Crippen LogP contribution in [0, 0.1) is 6.92 Å². The van der Waals surface area contributed by atoms with Crippen molar-refractivity contribution in [2.24, 2.45) is 0 Å². The van der Waals surface area contributed by atoms with Gasteiger partial charge in [-0.15, -0.1) is 0 Å². The molecule has 0 atom stereocenters. The summed E-state index contributed by atoms with van der Waals surface area (Å²) in [6, 6.07) is 2.99. The minimum Gasteiger partial charge on any atom is -0.397 e. The van der Waals surface area contributed by atoms with E-state index in [4.69, 9.17) is 17.3 Å². The molecule has 4 nitrogen and oxygen atoms in total. The van der Waals surface area contributed by atoms with Gasteiger partial charge in [-0.25, -0.2) is 13.1 Å². The number of hydrogen-bond donors (Lipinski definition) is 2. The Morgan fingerprint density at radius 3 is 2.57 bits per heavy atom. The van der Waals surface area contributed by atoms with Crippen molar-refractivity contribution in [2.75, 3.05) is 24.3 Å². The van der Waals surface area contributed by atoms with Crippen LogP contribution in [0.2, 0.25) is 5.02 Å². The van der Waals surface area contributed by atoms with Gasteiger partial charge in [-0.2, -0.15) is 11.8 Å². The van der Waals surface area contributed by atoms with E-state index in [-0.39, 0.29) is 10.6 Å². The topological polar surface area (TPSA) is 72.2 Å². The highest BCUT2D eigenvalue weighted by Gasteiger charge is 2.17. The van der Waals surface area contributed by atoms with Crippen LogP contribution >= 0.6 is 23.4 Å². The highest BCUT2D eigenvalue weighted by atomic mass is 35.5. The summed E-state index contributed by atoms with van der Waals surface area (Å²) in [5.74, 6) is 1.16. The van der Waals surface area contributed by atoms with Crippen LogP contribution in [0.3, 0.4) is 0 Å². The molecular formula is C14H23ClN2O2S2. The molecule has 0 spiro atoms. The average molecular weight is 351 g/mol. The quantitative estimate of drug-likeness (QED) is 0.528. The molecular weight excluding hydrogens is 328 g/mol. The van der Waals surface area contributed by atoms with Gasteiger partial charge in [0, 0.05) is 6.54 Å². The summed E-state index contributed by atoms with van der Waals surface area (Å²) in [5.41, 5.74) is 6.56. The Labute approximate surface area is 136 Å². The van der Waals surface area contributed by atoms with Gasteiger partial charge in [0.25, 0.3) is 0 Å². The van der Waals surface area contributed by atoms with Gasteiger partial charge in [0.15, 0.2) is 0 Å². The maximum Gasteiger partial charge on any atom is 0.240 e. The minimum atomic E-state index is -3.52. The third kappa shape index (κ3) is 6.06. The molecule has 0 aromatic heterocycles. The Hall–Kier alpha value is -0.430. The number of benzene rings is 1. The fourth-order valence-electron chi connectivity index (χ4n) is 1.97.